The van der Waals surface area contributed by atoms with Gasteiger partial charge in [0.1, 0.15) is 0 Å². The average Bonchev–Trinajstić information content (AvgIpc) is 3.12. The summed E-state index contributed by atoms with van der Waals surface area (Å²) in [4.78, 5) is 28.5. The molecule has 1 aromatic heterocycles. The van der Waals surface area contributed by atoms with E-state index in [1.165, 1.54) is 6.92 Å². The molecule has 6 heteroatoms. The highest BCUT2D eigenvalue weighted by atomic mass is 32.1. The van der Waals surface area contributed by atoms with Crippen molar-refractivity contribution in [3.05, 3.63) is 46.7 Å². The van der Waals surface area contributed by atoms with Crippen LogP contribution in [0.15, 0.2) is 41.8 Å². The molecule has 2 amide bonds. The van der Waals surface area contributed by atoms with Crippen molar-refractivity contribution in [3.8, 4) is 0 Å². The van der Waals surface area contributed by atoms with Gasteiger partial charge in [-0.3, -0.25) is 9.59 Å². The Kier molecular flexibility index (Phi) is 5.98. The van der Waals surface area contributed by atoms with Crippen LogP contribution in [0.1, 0.15) is 24.8 Å². The molecule has 24 heavy (non-hydrogen) atoms. The van der Waals surface area contributed by atoms with Gasteiger partial charge >= 0.3 is 0 Å². The quantitative estimate of drug-likeness (QED) is 0.873. The van der Waals surface area contributed by atoms with E-state index in [2.05, 4.69) is 5.32 Å². The molecule has 1 heterocycles. The Labute approximate surface area is 146 Å². The number of benzene rings is 1. The van der Waals surface area contributed by atoms with Crippen LogP contribution in [0.25, 0.3) is 0 Å². The number of nitrogens with one attached hydrogen (secondary N) is 1. The molecule has 0 unspecified atom stereocenters. The Morgan fingerprint density at radius 2 is 1.88 bits per heavy atom. The first-order valence-electron chi connectivity index (χ1n) is 7.78. The summed E-state index contributed by atoms with van der Waals surface area (Å²) in [6, 6.07) is 11.5. The number of nitrogens with zero attached hydrogens (tertiary/aromatic N) is 2. The fourth-order valence-corrected chi connectivity index (χ4v) is 3.14. The summed E-state index contributed by atoms with van der Waals surface area (Å²) in [6.07, 6.45) is 0. The van der Waals surface area contributed by atoms with E-state index in [1.807, 2.05) is 55.7 Å². The summed E-state index contributed by atoms with van der Waals surface area (Å²) >= 11 is 1.64. The molecule has 0 aliphatic rings. The largest absolute Gasteiger partial charge is 0.374 e. The van der Waals surface area contributed by atoms with Crippen LogP contribution in [0.2, 0.25) is 0 Å². The van der Waals surface area contributed by atoms with E-state index < -0.39 is 0 Å². The van der Waals surface area contributed by atoms with Crippen molar-refractivity contribution in [2.24, 2.45) is 0 Å². The van der Waals surface area contributed by atoms with Crippen molar-refractivity contribution in [3.63, 3.8) is 0 Å². The second-order valence-corrected chi connectivity index (χ2v) is 6.62. The molecule has 0 radical (unpaired) electrons. The number of carbonyl (C=O) groups is 2. The number of amides is 2. The summed E-state index contributed by atoms with van der Waals surface area (Å²) in [5.41, 5.74) is 1.52. The molecule has 1 atom stereocenters. The van der Waals surface area contributed by atoms with Gasteiger partial charge in [0.05, 0.1) is 24.0 Å². The topological polar surface area (TPSA) is 52.7 Å². The van der Waals surface area contributed by atoms with E-state index in [1.54, 1.807) is 28.2 Å². The molecule has 0 aliphatic heterocycles. The van der Waals surface area contributed by atoms with Crippen LogP contribution in [0.3, 0.4) is 0 Å². The molecule has 5 nitrogen and oxygen atoms in total. The van der Waals surface area contributed by atoms with Crippen molar-refractivity contribution in [1.29, 1.82) is 0 Å². The minimum absolute atomic E-state index is 0.00354. The molecule has 0 aliphatic carbocycles. The first-order valence-corrected chi connectivity index (χ1v) is 8.66. The second kappa shape index (κ2) is 7.97. The lowest BCUT2D eigenvalue weighted by Gasteiger charge is -2.25. The molecular weight excluding hydrogens is 322 g/mol. The molecule has 2 aromatic rings. The molecule has 1 N–H and O–H groups in total. The number of rotatable bonds is 6. The number of carbonyl (C=O) groups excluding carboxylic acids is 2. The van der Waals surface area contributed by atoms with Gasteiger partial charge in [-0.1, -0.05) is 18.2 Å². The van der Waals surface area contributed by atoms with Crippen molar-refractivity contribution in [2.75, 3.05) is 30.9 Å². The molecule has 1 aromatic carbocycles. The lowest BCUT2D eigenvalue weighted by molar-refractivity contribution is -0.129. The zero-order chi connectivity index (χ0) is 17.7. The second-order valence-electron chi connectivity index (χ2n) is 5.64. The number of thiophene rings is 1. The molecule has 2 rings (SSSR count). The van der Waals surface area contributed by atoms with Gasteiger partial charge in [0.2, 0.25) is 11.8 Å². The van der Waals surface area contributed by atoms with E-state index in [0.717, 1.165) is 16.3 Å². The lowest BCUT2D eigenvalue weighted by Crippen LogP contribution is -2.34. The maximum absolute atomic E-state index is 12.5. The molecule has 0 bridgehead atoms. The highest BCUT2D eigenvalue weighted by Gasteiger charge is 2.18. The van der Waals surface area contributed by atoms with Crippen LogP contribution < -0.4 is 10.2 Å². The maximum Gasteiger partial charge on any atom is 0.242 e. The molecule has 128 valence electrons. The molecule has 0 saturated heterocycles. The summed E-state index contributed by atoms with van der Waals surface area (Å²) < 4.78 is 0. The average molecular weight is 345 g/mol. The van der Waals surface area contributed by atoms with E-state index in [-0.39, 0.29) is 24.4 Å². The zero-order valence-electron chi connectivity index (χ0n) is 14.4. The van der Waals surface area contributed by atoms with Crippen LogP contribution >= 0.6 is 11.3 Å². The summed E-state index contributed by atoms with van der Waals surface area (Å²) in [5.74, 6) is -0.0600. The minimum Gasteiger partial charge on any atom is -0.374 e. The van der Waals surface area contributed by atoms with Crippen LogP contribution in [-0.4, -0.2) is 37.4 Å². The lowest BCUT2D eigenvalue weighted by atomic mass is 10.2. The normalized spacial score (nSPS) is 11.7. The zero-order valence-corrected chi connectivity index (χ0v) is 15.3. The van der Waals surface area contributed by atoms with Crippen molar-refractivity contribution in [2.45, 2.75) is 19.9 Å². The summed E-state index contributed by atoms with van der Waals surface area (Å²) in [5, 5.41) is 5.16. The van der Waals surface area contributed by atoms with Gasteiger partial charge in [0.15, 0.2) is 0 Å². The van der Waals surface area contributed by atoms with E-state index in [0.29, 0.717) is 0 Å². The van der Waals surface area contributed by atoms with Crippen molar-refractivity contribution in [1.82, 2.24) is 4.90 Å². The van der Waals surface area contributed by atoms with Crippen LogP contribution in [0.5, 0.6) is 0 Å². The molecule has 0 saturated carbocycles. The van der Waals surface area contributed by atoms with Gasteiger partial charge in [-0.2, -0.15) is 0 Å². The number of hydrogen-bond donors (Lipinski definition) is 1. The Hall–Kier alpha value is -2.34. The third-order valence-corrected chi connectivity index (χ3v) is 5.14. The monoisotopic (exact) mass is 345 g/mol. The van der Waals surface area contributed by atoms with Gasteiger partial charge < -0.3 is 15.1 Å². The first-order chi connectivity index (χ1) is 11.4. The number of anilines is 2. The molecule has 0 fully saturated rings. The standard InChI is InChI=1S/C18H23N3O2S/c1-13(17-10-7-11-24-17)20(3)18(23)12-19-15-8-5-6-9-16(15)21(4)14(2)22/h5-11,13,19H,12H2,1-4H3/t13-/m0/s1. The van der Waals surface area contributed by atoms with E-state index >= 15 is 0 Å². The van der Waals surface area contributed by atoms with Gasteiger partial charge in [-0.05, 0) is 30.5 Å². The summed E-state index contributed by atoms with van der Waals surface area (Å²) in [6.45, 7) is 3.70. The molecule has 0 spiro atoms. The Balaban J connectivity index is 2.03. The predicted molar refractivity (Wildman–Crippen MR) is 99.5 cm³/mol. The number of likely N-dealkylation sites (N-methyl/N-ethyl adjacent to an activating group) is 1. The van der Waals surface area contributed by atoms with Crippen LogP contribution in [0, 0.1) is 0 Å². The fraction of sp³-hybridized carbons (Fsp3) is 0.333. The third kappa shape index (κ3) is 4.14. The van der Waals surface area contributed by atoms with Crippen LogP contribution in [0.4, 0.5) is 11.4 Å². The van der Waals surface area contributed by atoms with E-state index in [4.69, 9.17) is 0 Å². The Morgan fingerprint density at radius 3 is 2.50 bits per heavy atom. The first kappa shape index (κ1) is 18.0. The van der Waals surface area contributed by atoms with Gasteiger partial charge in [0, 0.05) is 25.9 Å². The van der Waals surface area contributed by atoms with Gasteiger partial charge in [-0.15, -0.1) is 11.3 Å². The van der Waals surface area contributed by atoms with Gasteiger partial charge in [-0.25, -0.2) is 0 Å². The minimum atomic E-state index is -0.0565. The Bertz CT molecular complexity index is 700. The molecular formula is C18H23N3O2S. The van der Waals surface area contributed by atoms with Gasteiger partial charge in [0.25, 0.3) is 0 Å². The number of hydrogen-bond acceptors (Lipinski definition) is 4. The van der Waals surface area contributed by atoms with Crippen LogP contribution in [-0.2, 0) is 9.59 Å². The smallest absolute Gasteiger partial charge is 0.242 e. The predicted octanol–water partition coefficient (Wildman–Crippen LogP) is 3.36. The summed E-state index contributed by atoms with van der Waals surface area (Å²) in [7, 11) is 3.53. The van der Waals surface area contributed by atoms with Crippen molar-refractivity contribution >= 4 is 34.5 Å². The Morgan fingerprint density at radius 1 is 1.17 bits per heavy atom. The highest BCUT2D eigenvalue weighted by molar-refractivity contribution is 7.10. The SMILES string of the molecule is CC(=O)N(C)c1ccccc1NCC(=O)N(C)[C@@H](C)c1cccs1. The fourth-order valence-electron chi connectivity index (χ4n) is 2.32. The number of para-hydroxylation sites is 2. The van der Waals surface area contributed by atoms with Crippen molar-refractivity contribution < 1.29 is 9.59 Å². The highest BCUT2D eigenvalue weighted by Crippen LogP contribution is 2.26. The van der Waals surface area contributed by atoms with E-state index in [9.17, 15) is 9.59 Å². The maximum atomic E-state index is 12.5. The third-order valence-electron chi connectivity index (χ3n) is 4.10.